The van der Waals surface area contributed by atoms with Crippen molar-refractivity contribution in [3.8, 4) is 5.75 Å². The molecule has 0 bridgehead atoms. The number of rotatable bonds is 3. The number of halogens is 1. The number of carboxylic acids is 1. The van der Waals surface area contributed by atoms with Crippen molar-refractivity contribution in [1.82, 2.24) is 0 Å². The van der Waals surface area contributed by atoms with Gasteiger partial charge in [-0.3, -0.25) is 4.79 Å². The highest BCUT2D eigenvalue weighted by molar-refractivity contribution is 5.74. The van der Waals surface area contributed by atoms with Crippen molar-refractivity contribution < 1.29 is 19.0 Å². The molecule has 1 aliphatic heterocycles. The molecule has 0 saturated carbocycles. The van der Waals surface area contributed by atoms with Crippen molar-refractivity contribution in [2.45, 2.75) is 33.1 Å². The molecule has 1 aromatic rings. The average Bonchev–Trinajstić information content (AvgIpc) is 2.32. The van der Waals surface area contributed by atoms with Crippen LogP contribution in [0.2, 0.25) is 0 Å². The third-order valence-corrected chi connectivity index (χ3v) is 3.32. The van der Waals surface area contributed by atoms with Crippen LogP contribution in [-0.2, 0) is 17.6 Å². The summed E-state index contributed by atoms with van der Waals surface area (Å²) in [7, 11) is 0. The number of hydrogen-bond acceptors (Lipinski definition) is 2. The van der Waals surface area contributed by atoms with E-state index in [2.05, 4.69) is 0 Å². The maximum atomic E-state index is 13.9. The Morgan fingerprint density at radius 3 is 2.89 bits per heavy atom. The van der Waals surface area contributed by atoms with Crippen LogP contribution >= 0.6 is 0 Å². The molecule has 18 heavy (non-hydrogen) atoms. The Labute approximate surface area is 106 Å². The fourth-order valence-electron chi connectivity index (χ4n) is 2.15. The first kappa shape index (κ1) is 12.9. The fourth-order valence-corrected chi connectivity index (χ4v) is 2.15. The van der Waals surface area contributed by atoms with Crippen molar-refractivity contribution in [3.63, 3.8) is 0 Å². The summed E-state index contributed by atoms with van der Waals surface area (Å²) in [5.41, 5.74) is 0.356. The first-order chi connectivity index (χ1) is 8.42. The molecule has 2 rings (SSSR count). The molecule has 0 aromatic heterocycles. The van der Waals surface area contributed by atoms with Gasteiger partial charge in [-0.2, -0.15) is 0 Å². The number of aryl methyl sites for hydroxylation is 1. The fraction of sp³-hybridized carbons (Fsp3) is 0.500. The molecule has 0 atom stereocenters. The second-order valence-corrected chi connectivity index (χ2v) is 5.33. The van der Waals surface area contributed by atoms with E-state index in [9.17, 15) is 9.18 Å². The summed E-state index contributed by atoms with van der Waals surface area (Å²) in [6, 6.07) is 3.13. The molecular formula is C14H17FO3. The Hall–Kier alpha value is -1.58. The molecule has 4 heteroatoms. The molecule has 1 aromatic carbocycles. The minimum absolute atomic E-state index is 0.136. The van der Waals surface area contributed by atoms with Crippen LogP contribution in [0.4, 0.5) is 4.39 Å². The van der Waals surface area contributed by atoms with E-state index in [1.165, 1.54) is 6.07 Å². The van der Waals surface area contributed by atoms with Gasteiger partial charge in [-0.15, -0.1) is 0 Å². The van der Waals surface area contributed by atoms with Crippen LogP contribution in [0.3, 0.4) is 0 Å². The van der Waals surface area contributed by atoms with Gasteiger partial charge in [0.05, 0.1) is 12.0 Å². The van der Waals surface area contributed by atoms with Crippen molar-refractivity contribution in [3.05, 3.63) is 29.1 Å². The standard InChI is InChI=1S/C14H17FO3/c1-14(2,13(16)17)8-10-11(15)6-5-9-4-3-7-18-12(9)10/h5-6H,3-4,7-8H2,1-2H3,(H,16,17). The summed E-state index contributed by atoms with van der Waals surface area (Å²) < 4.78 is 19.4. The van der Waals surface area contributed by atoms with Crippen LogP contribution in [0.1, 0.15) is 31.4 Å². The van der Waals surface area contributed by atoms with Crippen LogP contribution in [0.5, 0.6) is 5.75 Å². The highest BCUT2D eigenvalue weighted by atomic mass is 19.1. The van der Waals surface area contributed by atoms with Crippen LogP contribution in [0.25, 0.3) is 0 Å². The monoisotopic (exact) mass is 252 g/mol. The quantitative estimate of drug-likeness (QED) is 0.899. The van der Waals surface area contributed by atoms with Gasteiger partial charge in [0, 0.05) is 5.56 Å². The number of fused-ring (bicyclic) bond motifs is 1. The second-order valence-electron chi connectivity index (χ2n) is 5.33. The third kappa shape index (κ3) is 2.33. The second kappa shape index (κ2) is 4.59. The number of benzene rings is 1. The number of carbonyl (C=O) groups is 1. The van der Waals surface area contributed by atoms with E-state index >= 15 is 0 Å². The van der Waals surface area contributed by atoms with Crippen molar-refractivity contribution in [1.29, 1.82) is 0 Å². The molecule has 1 heterocycles. The maximum Gasteiger partial charge on any atom is 0.309 e. The van der Waals surface area contributed by atoms with Gasteiger partial charge >= 0.3 is 5.97 Å². The predicted molar refractivity (Wildman–Crippen MR) is 65.3 cm³/mol. The van der Waals surface area contributed by atoms with Gasteiger partial charge in [0.25, 0.3) is 0 Å². The van der Waals surface area contributed by atoms with Gasteiger partial charge in [0.15, 0.2) is 0 Å². The van der Waals surface area contributed by atoms with Crippen LogP contribution < -0.4 is 4.74 Å². The lowest BCUT2D eigenvalue weighted by Crippen LogP contribution is -2.27. The summed E-state index contributed by atoms with van der Waals surface area (Å²) >= 11 is 0. The van der Waals surface area contributed by atoms with Gasteiger partial charge in [-0.05, 0) is 44.7 Å². The smallest absolute Gasteiger partial charge is 0.309 e. The number of aliphatic carboxylic acids is 1. The van der Waals surface area contributed by atoms with Crippen molar-refractivity contribution in [2.24, 2.45) is 5.41 Å². The first-order valence-electron chi connectivity index (χ1n) is 6.08. The Bertz CT molecular complexity index is 480. The zero-order chi connectivity index (χ0) is 13.3. The number of ether oxygens (including phenoxy) is 1. The molecule has 98 valence electrons. The Balaban J connectivity index is 2.41. The summed E-state index contributed by atoms with van der Waals surface area (Å²) in [5.74, 6) is -0.768. The summed E-state index contributed by atoms with van der Waals surface area (Å²) in [6.07, 6.45) is 1.91. The lowest BCUT2D eigenvalue weighted by molar-refractivity contribution is -0.146. The predicted octanol–water partition coefficient (Wildman–Crippen LogP) is 2.80. The van der Waals surface area contributed by atoms with Crippen LogP contribution in [-0.4, -0.2) is 17.7 Å². The minimum Gasteiger partial charge on any atom is -0.493 e. The molecule has 1 N–H and O–H groups in total. The van der Waals surface area contributed by atoms with Crippen LogP contribution in [0.15, 0.2) is 12.1 Å². The van der Waals surface area contributed by atoms with Crippen molar-refractivity contribution in [2.75, 3.05) is 6.61 Å². The molecule has 0 spiro atoms. The normalized spacial score (nSPS) is 14.8. The molecule has 3 nitrogen and oxygen atoms in total. The highest BCUT2D eigenvalue weighted by Crippen LogP contribution is 2.35. The molecule has 0 saturated heterocycles. The van der Waals surface area contributed by atoms with Crippen LogP contribution in [0, 0.1) is 11.2 Å². The molecule has 0 fully saturated rings. The van der Waals surface area contributed by atoms with E-state index in [1.54, 1.807) is 19.9 Å². The summed E-state index contributed by atoms with van der Waals surface area (Å²) in [6.45, 7) is 3.75. The zero-order valence-electron chi connectivity index (χ0n) is 10.6. The first-order valence-corrected chi connectivity index (χ1v) is 6.08. The van der Waals surface area contributed by atoms with Gasteiger partial charge in [-0.1, -0.05) is 6.07 Å². The topological polar surface area (TPSA) is 46.5 Å². The number of carboxylic acid groups (broad SMARTS) is 1. The van der Waals surface area contributed by atoms with E-state index in [0.29, 0.717) is 17.9 Å². The number of hydrogen-bond donors (Lipinski definition) is 1. The largest absolute Gasteiger partial charge is 0.493 e. The summed E-state index contributed by atoms with van der Waals surface area (Å²) in [5, 5.41) is 9.13. The molecule has 0 radical (unpaired) electrons. The molecule has 0 amide bonds. The molecular weight excluding hydrogens is 235 g/mol. The Kier molecular flexibility index (Phi) is 3.28. The van der Waals surface area contributed by atoms with Crippen molar-refractivity contribution >= 4 is 5.97 Å². The van der Waals surface area contributed by atoms with Gasteiger partial charge in [0.1, 0.15) is 11.6 Å². The molecule has 0 aliphatic carbocycles. The van der Waals surface area contributed by atoms with E-state index in [0.717, 1.165) is 18.4 Å². The lowest BCUT2D eigenvalue weighted by Gasteiger charge is -2.25. The lowest BCUT2D eigenvalue weighted by atomic mass is 9.84. The van der Waals surface area contributed by atoms with E-state index in [1.807, 2.05) is 0 Å². The van der Waals surface area contributed by atoms with E-state index in [-0.39, 0.29) is 12.2 Å². The summed E-state index contributed by atoms with van der Waals surface area (Å²) in [4.78, 5) is 11.1. The van der Waals surface area contributed by atoms with E-state index in [4.69, 9.17) is 9.84 Å². The third-order valence-electron chi connectivity index (χ3n) is 3.32. The average molecular weight is 252 g/mol. The van der Waals surface area contributed by atoms with Gasteiger partial charge in [0.2, 0.25) is 0 Å². The van der Waals surface area contributed by atoms with E-state index < -0.39 is 11.4 Å². The molecule has 1 aliphatic rings. The van der Waals surface area contributed by atoms with Gasteiger partial charge < -0.3 is 9.84 Å². The Morgan fingerprint density at radius 1 is 1.50 bits per heavy atom. The maximum absolute atomic E-state index is 13.9. The SMILES string of the molecule is CC(C)(Cc1c(F)ccc2c1OCCC2)C(=O)O. The highest BCUT2D eigenvalue weighted by Gasteiger charge is 2.31. The zero-order valence-corrected chi connectivity index (χ0v) is 10.6. The molecule has 0 unspecified atom stereocenters. The van der Waals surface area contributed by atoms with Gasteiger partial charge in [-0.25, -0.2) is 4.39 Å². The Morgan fingerprint density at radius 2 is 2.22 bits per heavy atom. The minimum atomic E-state index is -1.00.